The first-order valence-corrected chi connectivity index (χ1v) is 9.43. The lowest BCUT2D eigenvalue weighted by Gasteiger charge is -2.13. The number of hydrogen-bond acceptors (Lipinski definition) is 6. The summed E-state index contributed by atoms with van der Waals surface area (Å²) in [5.74, 6) is 0.335. The van der Waals surface area contributed by atoms with E-state index in [4.69, 9.17) is 33.3 Å². The molecule has 3 aromatic rings. The summed E-state index contributed by atoms with van der Waals surface area (Å²) in [5, 5.41) is 6.88. The minimum Gasteiger partial charge on any atom is -0.496 e. The molecule has 1 aromatic heterocycles. The highest BCUT2D eigenvalue weighted by atomic mass is 35.5. The Hall–Kier alpha value is -2.42. The second-order valence-corrected chi connectivity index (χ2v) is 7.38. The molecule has 1 amide bonds. The molecule has 0 saturated heterocycles. The van der Waals surface area contributed by atoms with Gasteiger partial charge in [-0.3, -0.25) is 10.1 Å². The Morgan fingerprint density at radius 2 is 1.89 bits per heavy atom. The van der Waals surface area contributed by atoms with Crippen LogP contribution in [0.4, 0.5) is 5.13 Å². The highest BCUT2D eigenvalue weighted by molar-refractivity contribution is 7.80. The standard InChI is InChI=1S/C18H16ClN3O3S2/c1-9-7-14-11(8-10(9)19)20-18(27-14)22-17(26)21-16(23)15-12(24-2)5-4-6-13(15)25-3/h4-8H,1-3H3,(H2,20,21,22,23,26). The maximum absolute atomic E-state index is 12.6. The van der Waals surface area contributed by atoms with Gasteiger partial charge in [0, 0.05) is 5.02 Å². The predicted octanol–water partition coefficient (Wildman–Crippen LogP) is 4.40. The zero-order chi connectivity index (χ0) is 19.6. The van der Waals surface area contributed by atoms with Crippen molar-refractivity contribution < 1.29 is 14.3 Å². The number of hydrogen-bond donors (Lipinski definition) is 2. The molecule has 3 rings (SSSR count). The van der Waals surface area contributed by atoms with Gasteiger partial charge in [0.1, 0.15) is 17.1 Å². The minimum atomic E-state index is -0.443. The van der Waals surface area contributed by atoms with Gasteiger partial charge in [0.05, 0.1) is 24.4 Å². The first kappa shape index (κ1) is 19.3. The molecular formula is C18H16ClN3O3S2. The first-order valence-electron chi connectivity index (χ1n) is 7.83. The fourth-order valence-electron chi connectivity index (χ4n) is 2.47. The number of rotatable bonds is 4. The molecule has 0 aliphatic carbocycles. The topological polar surface area (TPSA) is 72.5 Å². The molecule has 0 atom stereocenters. The van der Waals surface area contributed by atoms with E-state index in [1.807, 2.05) is 13.0 Å². The van der Waals surface area contributed by atoms with Crippen molar-refractivity contribution in [3.05, 3.63) is 46.5 Å². The van der Waals surface area contributed by atoms with Crippen LogP contribution in [0, 0.1) is 6.92 Å². The van der Waals surface area contributed by atoms with Crippen LogP contribution >= 0.6 is 35.2 Å². The van der Waals surface area contributed by atoms with Gasteiger partial charge < -0.3 is 14.8 Å². The number of nitrogens with one attached hydrogen (secondary N) is 2. The van der Waals surface area contributed by atoms with Gasteiger partial charge in [-0.25, -0.2) is 4.98 Å². The van der Waals surface area contributed by atoms with E-state index in [0.717, 1.165) is 15.8 Å². The third-order valence-corrected chi connectivity index (χ3v) is 5.32. The fraction of sp³-hybridized carbons (Fsp3) is 0.167. The normalized spacial score (nSPS) is 10.5. The molecule has 2 aromatic carbocycles. The molecule has 2 N–H and O–H groups in total. The van der Waals surface area contributed by atoms with Crippen LogP contribution in [-0.4, -0.2) is 30.2 Å². The highest BCUT2D eigenvalue weighted by Gasteiger charge is 2.19. The number of carbonyl (C=O) groups is 1. The van der Waals surface area contributed by atoms with Crippen LogP contribution in [0.5, 0.6) is 11.5 Å². The van der Waals surface area contributed by atoms with Gasteiger partial charge in [-0.2, -0.15) is 0 Å². The average molecular weight is 422 g/mol. The summed E-state index contributed by atoms with van der Waals surface area (Å²) < 4.78 is 11.5. The number of thiazole rings is 1. The van der Waals surface area contributed by atoms with Crippen LogP contribution in [0.25, 0.3) is 10.2 Å². The largest absolute Gasteiger partial charge is 0.496 e. The highest BCUT2D eigenvalue weighted by Crippen LogP contribution is 2.31. The lowest BCUT2D eigenvalue weighted by atomic mass is 10.1. The molecule has 9 heteroatoms. The van der Waals surface area contributed by atoms with E-state index in [0.29, 0.717) is 21.7 Å². The van der Waals surface area contributed by atoms with Gasteiger partial charge in [-0.15, -0.1) is 0 Å². The summed E-state index contributed by atoms with van der Waals surface area (Å²) in [6.45, 7) is 1.93. The van der Waals surface area contributed by atoms with E-state index < -0.39 is 5.91 Å². The molecule has 0 aliphatic heterocycles. The van der Waals surface area contributed by atoms with Crippen molar-refractivity contribution in [3.63, 3.8) is 0 Å². The summed E-state index contributed by atoms with van der Waals surface area (Å²) in [6, 6.07) is 8.84. The van der Waals surface area contributed by atoms with Crippen LogP contribution in [0.15, 0.2) is 30.3 Å². The number of ether oxygens (including phenoxy) is 2. The Bertz CT molecular complexity index is 975. The van der Waals surface area contributed by atoms with Gasteiger partial charge in [-0.1, -0.05) is 29.0 Å². The molecule has 0 fully saturated rings. The molecule has 0 saturated carbocycles. The molecule has 6 nitrogen and oxygen atoms in total. The number of amides is 1. The number of halogens is 1. The molecule has 0 aliphatic rings. The lowest BCUT2D eigenvalue weighted by molar-refractivity contribution is 0.0971. The molecule has 140 valence electrons. The molecule has 27 heavy (non-hydrogen) atoms. The molecular weight excluding hydrogens is 406 g/mol. The van der Waals surface area contributed by atoms with Gasteiger partial charge in [-0.05, 0) is 49.0 Å². The Labute approximate surface area is 170 Å². The van der Waals surface area contributed by atoms with Crippen molar-refractivity contribution in [2.75, 3.05) is 19.5 Å². The van der Waals surface area contributed by atoms with Crippen LogP contribution < -0.4 is 20.1 Å². The van der Waals surface area contributed by atoms with Crippen molar-refractivity contribution >= 4 is 61.5 Å². The number of aromatic nitrogens is 1. The first-order chi connectivity index (χ1) is 12.9. The summed E-state index contributed by atoms with van der Waals surface area (Å²) >= 11 is 12.8. The number of nitrogens with zero attached hydrogens (tertiary/aromatic N) is 1. The maximum Gasteiger partial charge on any atom is 0.264 e. The molecule has 0 unspecified atom stereocenters. The number of benzene rings is 2. The fourth-order valence-corrected chi connectivity index (χ4v) is 3.83. The van der Waals surface area contributed by atoms with E-state index in [2.05, 4.69) is 15.6 Å². The molecule has 0 spiro atoms. The van der Waals surface area contributed by atoms with E-state index in [1.165, 1.54) is 25.6 Å². The third-order valence-electron chi connectivity index (χ3n) is 3.77. The summed E-state index contributed by atoms with van der Waals surface area (Å²) in [4.78, 5) is 17.1. The Kier molecular flexibility index (Phi) is 5.79. The van der Waals surface area contributed by atoms with E-state index in [1.54, 1.807) is 24.3 Å². The second-order valence-electron chi connectivity index (χ2n) is 5.53. The number of fused-ring (bicyclic) bond motifs is 1. The summed E-state index contributed by atoms with van der Waals surface area (Å²) in [7, 11) is 2.97. The Morgan fingerprint density at radius 1 is 1.22 bits per heavy atom. The van der Waals surface area contributed by atoms with Gasteiger partial charge >= 0.3 is 0 Å². The number of methoxy groups -OCH3 is 2. The van der Waals surface area contributed by atoms with Crippen LogP contribution in [0.2, 0.25) is 5.02 Å². The smallest absolute Gasteiger partial charge is 0.264 e. The third kappa shape index (κ3) is 4.13. The van der Waals surface area contributed by atoms with Gasteiger partial charge in [0.2, 0.25) is 0 Å². The number of carbonyl (C=O) groups excluding carboxylic acids is 1. The summed E-state index contributed by atoms with van der Waals surface area (Å²) in [5.41, 5.74) is 2.00. The van der Waals surface area contributed by atoms with Crippen LogP contribution in [-0.2, 0) is 0 Å². The van der Waals surface area contributed by atoms with Crippen molar-refractivity contribution in [1.29, 1.82) is 0 Å². The molecule has 1 heterocycles. The Balaban J connectivity index is 1.77. The van der Waals surface area contributed by atoms with Gasteiger partial charge in [0.15, 0.2) is 10.2 Å². The van der Waals surface area contributed by atoms with E-state index >= 15 is 0 Å². The zero-order valence-electron chi connectivity index (χ0n) is 14.8. The van der Waals surface area contributed by atoms with Crippen molar-refractivity contribution in [3.8, 4) is 11.5 Å². The quantitative estimate of drug-likeness (QED) is 0.608. The monoisotopic (exact) mass is 421 g/mol. The van der Waals surface area contributed by atoms with Crippen LogP contribution in [0.3, 0.4) is 0 Å². The number of thiocarbonyl (C=S) groups is 1. The zero-order valence-corrected chi connectivity index (χ0v) is 17.1. The Morgan fingerprint density at radius 3 is 2.52 bits per heavy atom. The van der Waals surface area contributed by atoms with Crippen molar-refractivity contribution in [2.45, 2.75) is 6.92 Å². The predicted molar refractivity (Wildman–Crippen MR) is 113 cm³/mol. The van der Waals surface area contributed by atoms with Crippen LogP contribution in [0.1, 0.15) is 15.9 Å². The number of aryl methyl sites for hydroxylation is 1. The summed E-state index contributed by atoms with van der Waals surface area (Å²) in [6.07, 6.45) is 0. The number of anilines is 1. The van der Waals surface area contributed by atoms with E-state index in [9.17, 15) is 4.79 Å². The minimum absolute atomic E-state index is 0.120. The SMILES string of the molecule is COc1cccc(OC)c1C(=O)NC(=S)Nc1nc2cc(Cl)c(C)cc2s1. The molecule has 0 bridgehead atoms. The van der Waals surface area contributed by atoms with Gasteiger partial charge in [0.25, 0.3) is 5.91 Å². The molecule has 0 radical (unpaired) electrons. The lowest BCUT2D eigenvalue weighted by Crippen LogP contribution is -2.34. The van der Waals surface area contributed by atoms with Crippen molar-refractivity contribution in [2.24, 2.45) is 0 Å². The maximum atomic E-state index is 12.6. The van der Waals surface area contributed by atoms with Crippen molar-refractivity contribution in [1.82, 2.24) is 10.3 Å². The average Bonchev–Trinajstić information content (AvgIpc) is 3.01. The second kappa shape index (κ2) is 8.08. The van der Waals surface area contributed by atoms with E-state index in [-0.39, 0.29) is 10.7 Å².